The first-order valence-corrected chi connectivity index (χ1v) is 5.88. The van der Waals surface area contributed by atoms with E-state index in [1.807, 2.05) is 0 Å². The number of halogens is 3. The SMILES string of the molecule is COc1cc(F)c(C2(N)CCCC2)c(F)c1Cl. The van der Waals surface area contributed by atoms with Crippen molar-refractivity contribution in [3.63, 3.8) is 0 Å². The normalized spacial score (nSPS) is 18.4. The van der Waals surface area contributed by atoms with Crippen LogP contribution in [0.4, 0.5) is 8.78 Å². The molecule has 0 bridgehead atoms. The van der Waals surface area contributed by atoms with Crippen molar-refractivity contribution in [3.8, 4) is 5.75 Å². The highest BCUT2D eigenvalue weighted by Gasteiger charge is 2.37. The summed E-state index contributed by atoms with van der Waals surface area (Å²) in [6.07, 6.45) is 2.89. The van der Waals surface area contributed by atoms with E-state index in [0.717, 1.165) is 18.9 Å². The van der Waals surface area contributed by atoms with Crippen molar-refractivity contribution in [3.05, 3.63) is 28.3 Å². The third-order valence-corrected chi connectivity index (χ3v) is 3.69. The molecular formula is C12H14ClF2NO. The minimum Gasteiger partial charge on any atom is -0.495 e. The highest BCUT2D eigenvalue weighted by molar-refractivity contribution is 6.32. The highest BCUT2D eigenvalue weighted by Crippen LogP contribution is 2.42. The van der Waals surface area contributed by atoms with Gasteiger partial charge in [-0.05, 0) is 12.8 Å². The first kappa shape index (κ1) is 12.6. The Morgan fingerprint density at radius 3 is 2.47 bits per heavy atom. The van der Waals surface area contributed by atoms with Crippen LogP contribution < -0.4 is 10.5 Å². The summed E-state index contributed by atoms with van der Waals surface area (Å²) in [4.78, 5) is 0. The van der Waals surface area contributed by atoms with E-state index in [9.17, 15) is 8.78 Å². The molecule has 1 fully saturated rings. The lowest BCUT2D eigenvalue weighted by molar-refractivity contribution is 0.383. The van der Waals surface area contributed by atoms with Crippen LogP contribution in [0.25, 0.3) is 0 Å². The Labute approximate surface area is 104 Å². The number of nitrogens with two attached hydrogens (primary N) is 1. The van der Waals surface area contributed by atoms with Gasteiger partial charge < -0.3 is 10.5 Å². The van der Waals surface area contributed by atoms with Gasteiger partial charge in [-0.25, -0.2) is 8.78 Å². The minimum absolute atomic E-state index is 0.00739. The van der Waals surface area contributed by atoms with Crippen molar-refractivity contribution < 1.29 is 13.5 Å². The van der Waals surface area contributed by atoms with Gasteiger partial charge in [0.15, 0.2) is 5.82 Å². The predicted molar refractivity (Wildman–Crippen MR) is 62.3 cm³/mol. The number of benzene rings is 1. The third-order valence-electron chi connectivity index (χ3n) is 3.34. The molecule has 2 rings (SSSR count). The standard InChI is InChI=1S/C12H14ClF2NO/c1-17-8-6-7(14)9(11(15)10(8)13)12(16)4-2-3-5-12/h6H,2-5,16H2,1H3. The van der Waals surface area contributed by atoms with E-state index in [1.165, 1.54) is 7.11 Å². The molecule has 0 unspecified atom stereocenters. The first-order chi connectivity index (χ1) is 7.99. The molecule has 94 valence electrons. The van der Waals surface area contributed by atoms with Crippen LogP contribution in [0.15, 0.2) is 6.07 Å². The topological polar surface area (TPSA) is 35.2 Å². The zero-order chi connectivity index (χ0) is 12.6. The van der Waals surface area contributed by atoms with Gasteiger partial charge in [-0.1, -0.05) is 24.4 Å². The summed E-state index contributed by atoms with van der Waals surface area (Å²) in [6, 6.07) is 1.09. The zero-order valence-electron chi connectivity index (χ0n) is 9.53. The summed E-state index contributed by atoms with van der Waals surface area (Å²) in [5, 5.41) is -0.208. The van der Waals surface area contributed by atoms with Crippen LogP contribution in [0.5, 0.6) is 5.75 Å². The van der Waals surface area contributed by atoms with E-state index >= 15 is 0 Å². The highest BCUT2D eigenvalue weighted by atomic mass is 35.5. The van der Waals surface area contributed by atoms with Crippen molar-refractivity contribution in [2.45, 2.75) is 31.2 Å². The molecule has 0 radical (unpaired) electrons. The number of methoxy groups -OCH3 is 1. The third kappa shape index (κ3) is 2.00. The van der Waals surface area contributed by atoms with E-state index < -0.39 is 17.2 Å². The fourth-order valence-corrected chi connectivity index (χ4v) is 2.66. The maximum atomic E-state index is 14.1. The smallest absolute Gasteiger partial charge is 0.153 e. The predicted octanol–water partition coefficient (Wildman–Crippen LogP) is 3.35. The maximum Gasteiger partial charge on any atom is 0.153 e. The molecule has 2 nitrogen and oxygen atoms in total. The van der Waals surface area contributed by atoms with Gasteiger partial charge in [-0.2, -0.15) is 0 Å². The van der Waals surface area contributed by atoms with Crippen LogP contribution >= 0.6 is 11.6 Å². The molecule has 1 aromatic rings. The molecule has 0 amide bonds. The van der Waals surface area contributed by atoms with Crippen molar-refractivity contribution in [1.82, 2.24) is 0 Å². The van der Waals surface area contributed by atoms with Crippen LogP contribution in [0, 0.1) is 11.6 Å². The molecule has 1 aliphatic carbocycles. The molecule has 17 heavy (non-hydrogen) atoms. The number of hydrogen-bond donors (Lipinski definition) is 1. The Morgan fingerprint density at radius 2 is 1.94 bits per heavy atom. The zero-order valence-corrected chi connectivity index (χ0v) is 10.3. The Hall–Kier alpha value is -0.870. The minimum atomic E-state index is -0.940. The maximum absolute atomic E-state index is 14.1. The molecule has 0 heterocycles. The van der Waals surface area contributed by atoms with Gasteiger partial charge in [0.1, 0.15) is 16.6 Å². The van der Waals surface area contributed by atoms with Gasteiger partial charge >= 0.3 is 0 Å². The molecule has 0 saturated heterocycles. The van der Waals surface area contributed by atoms with Crippen LogP contribution in [0.2, 0.25) is 5.02 Å². The lowest BCUT2D eigenvalue weighted by Gasteiger charge is -2.26. The van der Waals surface area contributed by atoms with Gasteiger partial charge in [-0.3, -0.25) is 0 Å². The van der Waals surface area contributed by atoms with Crippen molar-refractivity contribution >= 4 is 11.6 Å². The fraction of sp³-hybridized carbons (Fsp3) is 0.500. The van der Waals surface area contributed by atoms with Crippen LogP contribution in [-0.2, 0) is 5.54 Å². The summed E-state index contributed by atoms with van der Waals surface area (Å²) < 4.78 is 32.8. The lowest BCUT2D eigenvalue weighted by atomic mass is 9.88. The van der Waals surface area contributed by atoms with Gasteiger partial charge in [0.25, 0.3) is 0 Å². The second kappa shape index (κ2) is 4.42. The van der Waals surface area contributed by atoms with Gasteiger partial charge in [0.2, 0.25) is 0 Å². The second-order valence-electron chi connectivity index (χ2n) is 4.43. The lowest BCUT2D eigenvalue weighted by Crippen LogP contribution is -2.35. The van der Waals surface area contributed by atoms with Crippen LogP contribution in [0.3, 0.4) is 0 Å². The van der Waals surface area contributed by atoms with E-state index in [0.29, 0.717) is 12.8 Å². The molecular weight excluding hydrogens is 248 g/mol. The Morgan fingerprint density at radius 1 is 1.35 bits per heavy atom. The van der Waals surface area contributed by atoms with Crippen LogP contribution in [-0.4, -0.2) is 7.11 Å². The number of rotatable bonds is 2. The molecule has 0 atom stereocenters. The Balaban J connectivity index is 2.58. The summed E-state index contributed by atoms with van der Waals surface area (Å²) in [5.74, 6) is -1.49. The van der Waals surface area contributed by atoms with Gasteiger partial charge in [0.05, 0.1) is 7.11 Å². The molecule has 5 heteroatoms. The molecule has 0 aliphatic heterocycles. The van der Waals surface area contributed by atoms with Crippen molar-refractivity contribution in [2.24, 2.45) is 5.73 Å². The largest absolute Gasteiger partial charge is 0.495 e. The van der Waals surface area contributed by atoms with E-state index in [-0.39, 0.29) is 16.3 Å². The quantitative estimate of drug-likeness (QED) is 0.829. The average Bonchev–Trinajstić information content (AvgIpc) is 2.71. The average molecular weight is 262 g/mol. The van der Waals surface area contributed by atoms with E-state index in [1.54, 1.807) is 0 Å². The molecule has 1 aliphatic rings. The summed E-state index contributed by atoms with van der Waals surface area (Å²) in [6.45, 7) is 0. The van der Waals surface area contributed by atoms with Gasteiger partial charge in [0, 0.05) is 17.2 Å². The van der Waals surface area contributed by atoms with Gasteiger partial charge in [-0.15, -0.1) is 0 Å². The number of hydrogen-bond acceptors (Lipinski definition) is 2. The van der Waals surface area contributed by atoms with Crippen molar-refractivity contribution in [2.75, 3.05) is 7.11 Å². The van der Waals surface area contributed by atoms with Crippen molar-refractivity contribution in [1.29, 1.82) is 0 Å². The second-order valence-corrected chi connectivity index (χ2v) is 4.80. The Bertz CT molecular complexity index is 445. The Kier molecular flexibility index (Phi) is 3.27. The molecule has 2 N–H and O–H groups in total. The van der Waals surface area contributed by atoms with E-state index in [4.69, 9.17) is 22.1 Å². The fourth-order valence-electron chi connectivity index (χ4n) is 2.43. The number of ether oxygens (including phenoxy) is 1. The monoisotopic (exact) mass is 261 g/mol. The molecule has 0 spiro atoms. The summed E-state index contributed by atoms with van der Waals surface area (Å²) in [5.41, 5.74) is 5.01. The first-order valence-electron chi connectivity index (χ1n) is 5.50. The van der Waals surface area contributed by atoms with Crippen LogP contribution in [0.1, 0.15) is 31.2 Å². The summed E-state index contributed by atoms with van der Waals surface area (Å²) >= 11 is 5.79. The summed E-state index contributed by atoms with van der Waals surface area (Å²) in [7, 11) is 1.31. The molecule has 1 aromatic carbocycles. The van der Waals surface area contributed by atoms with E-state index in [2.05, 4.69) is 0 Å². The molecule has 1 saturated carbocycles. The molecule has 0 aromatic heterocycles.